The minimum Gasteiger partial charge on any atom is -0.457 e. The maximum atomic E-state index is 14.0. The smallest absolute Gasteiger partial charge is 0.416 e. The van der Waals surface area contributed by atoms with Gasteiger partial charge in [-0.1, -0.05) is 25.6 Å². The number of anilines is 2. The molecule has 3 aromatic carbocycles. The van der Waals surface area contributed by atoms with Crippen LogP contribution in [0.25, 0.3) is 10.8 Å². The number of fused-ring (bicyclic) bond motifs is 1. The van der Waals surface area contributed by atoms with Crippen molar-refractivity contribution in [2.45, 2.75) is 27.1 Å². The van der Waals surface area contributed by atoms with Crippen LogP contribution in [0.5, 0.6) is 11.5 Å². The van der Waals surface area contributed by atoms with E-state index in [4.69, 9.17) is 4.74 Å². The first-order chi connectivity index (χ1) is 20.0. The third-order valence-corrected chi connectivity index (χ3v) is 7.01. The van der Waals surface area contributed by atoms with E-state index in [-0.39, 0.29) is 36.7 Å². The monoisotopic (exact) mass is 593 g/mol. The van der Waals surface area contributed by atoms with Gasteiger partial charge in [0.2, 0.25) is 5.91 Å². The predicted octanol–water partition coefficient (Wildman–Crippen LogP) is 6.64. The summed E-state index contributed by atoms with van der Waals surface area (Å²) in [6.07, 6.45) is -3.05. The van der Waals surface area contributed by atoms with Crippen molar-refractivity contribution in [1.82, 2.24) is 14.8 Å². The topological polar surface area (TPSA) is 86.8 Å². The molecule has 11 heteroatoms. The highest BCUT2D eigenvalue weighted by atomic mass is 19.4. The van der Waals surface area contributed by atoms with Gasteiger partial charge in [-0.2, -0.15) is 13.2 Å². The number of nitrogens with one attached hydrogen (secondary N) is 2. The van der Waals surface area contributed by atoms with Crippen LogP contribution in [0, 0.1) is 0 Å². The molecule has 4 aromatic rings. The molecule has 2 amide bonds. The van der Waals surface area contributed by atoms with Crippen molar-refractivity contribution in [2.24, 2.45) is 0 Å². The van der Waals surface area contributed by atoms with Gasteiger partial charge in [0.1, 0.15) is 17.3 Å². The molecule has 43 heavy (non-hydrogen) atoms. The molecule has 8 nitrogen and oxygen atoms in total. The average Bonchev–Trinajstić information content (AvgIpc) is 2.94. The summed E-state index contributed by atoms with van der Waals surface area (Å²) in [6, 6.07) is 17.6. The predicted molar refractivity (Wildman–Crippen MR) is 161 cm³/mol. The summed E-state index contributed by atoms with van der Waals surface area (Å²) in [5.74, 6) is 0.509. The van der Waals surface area contributed by atoms with Gasteiger partial charge in [-0.25, -0.2) is 4.98 Å². The van der Waals surface area contributed by atoms with Crippen LogP contribution >= 0.6 is 0 Å². The van der Waals surface area contributed by atoms with Gasteiger partial charge in [-0.15, -0.1) is 0 Å². The number of pyridine rings is 1. The van der Waals surface area contributed by atoms with Crippen molar-refractivity contribution in [2.75, 3.05) is 43.9 Å². The van der Waals surface area contributed by atoms with Crippen molar-refractivity contribution in [3.63, 3.8) is 0 Å². The quantitative estimate of drug-likeness (QED) is 0.250. The average molecular weight is 594 g/mol. The van der Waals surface area contributed by atoms with Gasteiger partial charge in [0.15, 0.2) is 0 Å². The van der Waals surface area contributed by atoms with Crippen molar-refractivity contribution in [3.8, 4) is 11.5 Å². The summed E-state index contributed by atoms with van der Waals surface area (Å²) < 4.78 is 47.9. The highest BCUT2D eigenvalue weighted by Crippen LogP contribution is 2.35. The molecule has 1 fully saturated rings. The van der Waals surface area contributed by atoms with Crippen LogP contribution in [0.1, 0.15) is 35.8 Å². The van der Waals surface area contributed by atoms with Crippen LogP contribution < -0.4 is 15.4 Å². The number of alkyl halides is 3. The second-order valence-corrected chi connectivity index (χ2v) is 10.3. The molecule has 0 radical (unpaired) electrons. The van der Waals surface area contributed by atoms with E-state index in [1.165, 1.54) is 25.3 Å². The number of amides is 2. The van der Waals surface area contributed by atoms with Crippen molar-refractivity contribution in [3.05, 3.63) is 89.6 Å². The summed E-state index contributed by atoms with van der Waals surface area (Å²) in [6.45, 7) is 4.58. The Bertz CT molecular complexity index is 1620. The number of likely N-dealkylation sites (N-methyl/N-ethyl adjacent to an activating group) is 1. The Hall–Kier alpha value is -4.48. The lowest BCUT2D eigenvalue weighted by Crippen LogP contribution is -2.44. The van der Waals surface area contributed by atoms with Gasteiger partial charge in [0, 0.05) is 63.2 Å². The minimum atomic E-state index is -4.56. The SMILES string of the molecule is C.CC(=O)Nc1cc(Oc2ccc3ccc(C(=O)Nc4ccc(CN5CCN(C)CC5)c(C(F)(F)F)c4)cc3c2)ccn1. The van der Waals surface area contributed by atoms with E-state index in [1.54, 1.807) is 42.5 Å². The number of aromatic nitrogens is 1. The van der Waals surface area contributed by atoms with E-state index >= 15 is 0 Å². The van der Waals surface area contributed by atoms with Crippen molar-refractivity contribution >= 4 is 34.1 Å². The van der Waals surface area contributed by atoms with E-state index < -0.39 is 17.6 Å². The summed E-state index contributed by atoms with van der Waals surface area (Å²) in [4.78, 5) is 32.6. The molecule has 0 saturated carbocycles. The molecule has 0 bridgehead atoms. The van der Waals surface area contributed by atoms with Gasteiger partial charge >= 0.3 is 6.18 Å². The maximum Gasteiger partial charge on any atom is 0.416 e. The first kappa shape index (κ1) is 31.5. The normalized spacial score (nSPS) is 14.2. The fraction of sp³-hybridized carbons (Fsp3) is 0.281. The first-order valence-corrected chi connectivity index (χ1v) is 13.4. The van der Waals surface area contributed by atoms with E-state index in [2.05, 4.69) is 20.5 Å². The fourth-order valence-electron chi connectivity index (χ4n) is 4.80. The van der Waals surface area contributed by atoms with E-state index in [0.29, 0.717) is 35.8 Å². The van der Waals surface area contributed by atoms with Crippen LogP contribution in [0.15, 0.2) is 72.9 Å². The van der Waals surface area contributed by atoms with Crippen molar-refractivity contribution < 1.29 is 27.5 Å². The van der Waals surface area contributed by atoms with E-state index in [9.17, 15) is 22.8 Å². The molecule has 2 heterocycles. The Balaban J connectivity index is 0.00000423. The lowest BCUT2D eigenvalue weighted by Gasteiger charge is -2.33. The number of carbonyl (C=O) groups excluding carboxylic acids is 2. The summed E-state index contributed by atoms with van der Waals surface area (Å²) in [7, 11) is 1.99. The molecule has 0 spiro atoms. The molecule has 2 N–H and O–H groups in total. The largest absolute Gasteiger partial charge is 0.457 e. The zero-order chi connectivity index (χ0) is 29.9. The number of ether oxygens (including phenoxy) is 1. The van der Waals surface area contributed by atoms with Crippen LogP contribution in [0.3, 0.4) is 0 Å². The van der Waals surface area contributed by atoms with Crippen LogP contribution in [-0.4, -0.2) is 59.8 Å². The van der Waals surface area contributed by atoms with Gasteiger partial charge in [0.25, 0.3) is 5.91 Å². The molecule has 5 rings (SSSR count). The second-order valence-electron chi connectivity index (χ2n) is 10.3. The first-order valence-electron chi connectivity index (χ1n) is 13.4. The number of rotatable bonds is 7. The zero-order valence-corrected chi connectivity index (χ0v) is 23.2. The zero-order valence-electron chi connectivity index (χ0n) is 23.2. The number of hydrogen-bond acceptors (Lipinski definition) is 6. The molecule has 0 unspecified atom stereocenters. The third kappa shape index (κ3) is 8.08. The van der Waals surface area contributed by atoms with Gasteiger partial charge in [-0.05, 0) is 65.8 Å². The molecular weight excluding hydrogens is 559 g/mol. The molecule has 1 aliphatic heterocycles. The number of nitrogens with zero attached hydrogens (tertiary/aromatic N) is 3. The fourth-order valence-corrected chi connectivity index (χ4v) is 4.80. The highest BCUT2D eigenvalue weighted by molar-refractivity contribution is 6.06. The molecule has 1 aliphatic rings. The number of halogens is 3. The Morgan fingerprint density at radius 2 is 1.60 bits per heavy atom. The molecule has 0 atom stereocenters. The lowest BCUT2D eigenvalue weighted by atomic mass is 10.0. The standard InChI is InChI=1S/C31H30F3N5O3.CH4/c1-20(40)36-29-18-27(9-10-35-29)42-26-8-6-21-3-4-22(15-24(21)16-26)30(41)37-25-7-5-23(28(17-25)31(32,33)34)19-39-13-11-38(2)12-14-39;/h3-10,15-18H,11-14,19H2,1-2H3,(H,37,41)(H,35,36,40);1H4. The number of hydrogen-bond donors (Lipinski definition) is 2. The molecule has 226 valence electrons. The van der Waals surface area contributed by atoms with Gasteiger partial charge in [0.05, 0.1) is 5.56 Å². The molecular formula is C32H34F3N5O3. The lowest BCUT2D eigenvalue weighted by molar-refractivity contribution is -0.138. The van der Waals surface area contributed by atoms with Crippen LogP contribution in [0.4, 0.5) is 24.7 Å². The minimum absolute atomic E-state index is 0. The Labute approximate surface area is 248 Å². The number of benzene rings is 3. The molecule has 1 saturated heterocycles. The number of piperazine rings is 1. The Morgan fingerprint density at radius 3 is 2.33 bits per heavy atom. The van der Waals surface area contributed by atoms with Gasteiger partial charge < -0.3 is 20.3 Å². The Kier molecular flexibility index (Phi) is 9.67. The van der Waals surface area contributed by atoms with E-state index in [1.807, 2.05) is 18.0 Å². The van der Waals surface area contributed by atoms with Crippen LogP contribution in [0.2, 0.25) is 0 Å². The number of carbonyl (C=O) groups is 2. The van der Waals surface area contributed by atoms with E-state index in [0.717, 1.165) is 24.5 Å². The Morgan fingerprint density at radius 1 is 0.884 bits per heavy atom. The van der Waals surface area contributed by atoms with Crippen molar-refractivity contribution in [1.29, 1.82) is 0 Å². The second kappa shape index (κ2) is 13.2. The molecule has 0 aliphatic carbocycles. The summed E-state index contributed by atoms with van der Waals surface area (Å²) in [5, 5.41) is 6.76. The van der Waals surface area contributed by atoms with Crippen LogP contribution in [-0.2, 0) is 17.5 Å². The molecule has 1 aromatic heterocycles. The summed E-state index contributed by atoms with van der Waals surface area (Å²) >= 11 is 0. The summed E-state index contributed by atoms with van der Waals surface area (Å²) in [5.41, 5.74) is -0.218. The maximum absolute atomic E-state index is 14.0. The van der Waals surface area contributed by atoms with Gasteiger partial charge in [-0.3, -0.25) is 14.5 Å². The third-order valence-electron chi connectivity index (χ3n) is 7.01. The highest BCUT2D eigenvalue weighted by Gasteiger charge is 2.34.